The van der Waals surface area contributed by atoms with Crippen LogP contribution in [-0.2, 0) is 6.54 Å². The van der Waals surface area contributed by atoms with Crippen LogP contribution in [0.1, 0.15) is 24.1 Å². The van der Waals surface area contributed by atoms with E-state index in [2.05, 4.69) is 24.4 Å². The van der Waals surface area contributed by atoms with Gasteiger partial charge in [0.2, 0.25) is 0 Å². The van der Waals surface area contributed by atoms with Crippen LogP contribution >= 0.6 is 11.6 Å². The van der Waals surface area contributed by atoms with Crippen molar-refractivity contribution in [2.45, 2.75) is 19.5 Å². The highest BCUT2D eigenvalue weighted by Crippen LogP contribution is 2.27. The lowest BCUT2D eigenvalue weighted by molar-refractivity contribution is -0.707. The Bertz CT molecular complexity index is 1150. The maximum absolute atomic E-state index is 12.0. The van der Waals surface area contributed by atoms with Crippen molar-refractivity contribution in [2.24, 2.45) is 0 Å². The topological polar surface area (TPSA) is 46.8 Å². The number of halogens is 1. The van der Waals surface area contributed by atoms with Gasteiger partial charge in [0, 0.05) is 27.6 Å². The normalized spacial score (nSPS) is 12.5. The number of fused-ring (bicyclic) bond motifs is 3. The molecule has 4 rings (SSSR count). The molecule has 0 aliphatic rings. The van der Waals surface area contributed by atoms with Crippen LogP contribution in [0.4, 0.5) is 0 Å². The van der Waals surface area contributed by atoms with Crippen LogP contribution in [0.5, 0.6) is 0 Å². The number of hydrogen-bond donors (Lipinski definition) is 1. The molecule has 0 aliphatic carbocycles. The Kier molecular flexibility index (Phi) is 4.49. The van der Waals surface area contributed by atoms with E-state index in [9.17, 15) is 4.79 Å². The largest absolute Gasteiger partial charge is 0.423 e. The summed E-state index contributed by atoms with van der Waals surface area (Å²) in [6.45, 7) is 2.79. The fraction of sp³-hybridized carbons (Fsp3) is 0.136. The highest BCUT2D eigenvalue weighted by Gasteiger charge is 2.15. The van der Waals surface area contributed by atoms with Gasteiger partial charge in [0.25, 0.3) is 0 Å². The fourth-order valence-electron chi connectivity index (χ4n) is 3.46. The molecule has 0 aliphatic heterocycles. The zero-order valence-electron chi connectivity index (χ0n) is 14.4. The number of rotatable bonds is 4. The van der Waals surface area contributed by atoms with Crippen LogP contribution in [0.25, 0.3) is 21.7 Å². The first-order chi connectivity index (χ1) is 12.6. The first-order valence-corrected chi connectivity index (χ1v) is 9.03. The molecule has 1 heterocycles. The summed E-state index contributed by atoms with van der Waals surface area (Å²) in [5, 5.41) is 6.19. The van der Waals surface area contributed by atoms with Gasteiger partial charge in [-0.3, -0.25) is 0 Å². The number of quaternary nitrogens is 1. The first kappa shape index (κ1) is 16.8. The van der Waals surface area contributed by atoms with Gasteiger partial charge in [-0.25, -0.2) is 4.79 Å². The van der Waals surface area contributed by atoms with Crippen LogP contribution in [0.15, 0.2) is 75.9 Å². The van der Waals surface area contributed by atoms with Gasteiger partial charge in [-0.1, -0.05) is 60.1 Å². The van der Waals surface area contributed by atoms with E-state index in [1.54, 1.807) is 6.07 Å². The van der Waals surface area contributed by atoms with Crippen molar-refractivity contribution >= 4 is 33.3 Å². The molecule has 0 saturated carbocycles. The Hall–Kier alpha value is -2.62. The van der Waals surface area contributed by atoms with Gasteiger partial charge in [0.15, 0.2) is 0 Å². The summed E-state index contributed by atoms with van der Waals surface area (Å²) in [6, 6.07) is 21.7. The van der Waals surface area contributed by atoms with Gasteiger partial charge in [-0.15, -0.1) is 0 Å². The van der Waals surface area contributed by atoms with E-state index in [4.69, 9.17) is 16.0 Å². The zero-order chi connectivity index (χ0) is 18.1. The Morgan fingerprint density at radius 3 is 2.65 bits per heavy atom. The molecule has 0 amide bonds. The van der Waals surface area contributed by atoms with Crippen molar-refractivity contribution in [3.63, 3.8) is 0 Å². The predicted octanol–water partition coefficient (Wildman–Crippen LogP) is 4.42. The molecule has 0 spiro atoms. The minimum absolute atomic E-state index is 0.181. The van der Waals surface area contributed by atoms with Crippen LogP contribution in [0.2, 0.25) is 5.02 Å². The molecule has 3 nitrogen and oxygen atoms in total. The lowest BCUT2D eigenvalue weighted by atomic mass is 10.0. The van der Waals surface area contributed by atoms with E-state index in [1.807, 2.05) is 48.5 Å². The summed E-state index contributed by atoms with van der Waals surface area (Å²) < 4.78 is 5.43. The van der Waals surface area contributed by atoms with Gasteiger partial charge in [-0.05, 0) is 29.8 Å². The Morgan fingerprint density at radius 2 is 1.81 bits per heavy atom. The Morgan fingerprint density at radius 1 is 1.04 bits per heavy atom. The van der Waals surface area contributed by atoms with Crippen molar-refractivity contribution in [3.05, 3.63) is 93.3 Å². The van der Waals surface area contributed by atoms with Crippen LogP contribution in [-0.4, -0.2) is 0 Å². The van der Waals surface area contributed by atoms with E-state index in [0.29, 0.717) is 12.1 Å². The third-order valence-corrected chi connectivity index (χ3v) is 5.15. The van der Waals surface area contributed by atoms with Crippen molar-refractivity contribution < 1.29 is 9.73 Å². The van der Waals surface area contributed by atoms with E-state index in [0.717, 1.165) is 32.3 Å². The number of nitrogens with two attached hydrogens (primary N) is 1. The number of hydrogen-bond acceptors (Lipinski definition) is 2. The van der Waals surface area contributed by atoms with Crippen LogP contribution in [0.3, 0.4) is 0 Å². The average Bonchev–Trinajstić information content (AvgIpc) is 2.65. The summed E-state index contributed by atoms with van der Waals surface area (Å²) in [5.74, 6) is 0. The Balaban J connectivity index is 1.75. The van der Waals surface area contributed by atoms with E-state index < -0.39 is 0 Å². The van der Waals surface area contributed by atoms with Gasteiger partial charge < -0.3 is 9.73 Å². The summed E-state index contributed by atoms with van der Waals surface area (Å²) in [7, 11) is 0. The van der Waals surface area contributed by atoms with Gasteiger partial charge >= 0.3 is 5.63 Å². The molecule has 0 bridgehead atoms. The molecule has 0 fully saturated rings. The molecule has 2 N–H and O–H groups in total. The molecule has 1 atom stereocenters. The molecule has 130 valence electrons. The molecule has 4 heteroatoms. The second kappa shape index (κ2) is 6.94. The second-order valence-corrected chi connectivity index (χ2v) is 6.91. The van der Waals surface area contributed by atoms with Crippen LogP contribution in [0, 0.1) is 0 Å². The molecule has 1 aromatic heterocycles. The van der Waals surface area contributed by atoms with Crippen molar-refractivity contribution in [2.75, 3.05) is 0 Å². The second-order valence-electron chi connectivity index (χ2n) is 6.50. The average molecular weight is 365 g/mol. The lowest BCUT2D eigenvalue weighted by Gasteiger charge is -2.14. The van der Waals surface area contributed by atoms with E-state index in [1.165, 1.54) is 0 Å². The summed E-state index contributed by atoms with van der Waals surface area (Å²) >= 11 is 6.31. The fourth-order valence-corrected chi connectivity index (χ4v) is 3.76. The van der Waals surface area contributed by atoms with E-state index >= 15 is 0 Å². The van der Waals surface area contributed by atoms with Crippen LogP contribution < -0.4 is 10.9 Å². The number of benzene rings is 3. The standard InChI is InChI=1S/C22H18ClNO2/c1-14(17-7-4-5-9-19(17)23)24-13-16-12-21(25)26-20-11-10-15-6-2-3-8-18(15)22(16)20/h2-12,14,24H,13H2,1H3/p+1/t14-/m1/s1. The molecular formula is C22H19ClNO2+. The summed E-state index contributed by atoms with van der Waals surface area (Å²) in [5.41, 5.74) is 2.38. The maximum Gasteiger partial charge on any atom is 0.336 e. The third kappa shape index (κ3) is 3.12. The zero-order valence-corrected chi connectivity index (χ0v) is 15.2. The molecule has 0 radical (unpaired) electrons. The highest BCUT2D eigenvalue weighted by molar-refractivity contribution is 6.31. The smallest absolute Gasteiger partial charge is 0.336 e. The van der Waals surface area contributed by atoms with Gasteiger partial charge in [-0.2, -0.15) is 0 Å². The van der Waals surface area contributed by atoms with Crippen molar-refractivity contribution in [1.82, 2.24) is 0 Å². The summed E-state index contributed by atoms with van der Waals surface area (Å²) in [6.07, 6.45) is 0. The van der Waals surface area contributed by atoms with Crippen molar-refractivity contribution in [3.8, 4) is 0 Å². The molecule has 3 aromatic carbocycles. The maximum atomic E-state index is 12.0. The van der Waals surface area contributed by atoms with Gasteiger partial charge in [0.1, 0.15) is 18.2 Å². The monoisotopic (exact) mass is 364 g/mol. The molecular weight excluding hydrogens is 346 g/mol. The minimum Gasteiger partial charge on any atom is -0.423 e. The predicted molar refractivity (Wildman–Crippen MR) is 105 cm³/mol. The summed E-state index contributed by atoms with van der Waals surface area (Å²) in [4.78, 5) is 12.0. The SMILES string of the molecule is C[C@@H]([NH2+]Cc1cc(=O)oc2ccc3ccccc3c12)c1ccccc1Cl. The van der Waals surface area contributed by atoms with Gasteiger partial charge in [0.05, 0.1) is 0 Å². The molecule has 0 unspecified atom stereocenters. The highest BCUT2D eigenvalue weighted by atomic mass is 35.5. The lowest BCUT2D eigenvalue weighted by Crippen LogP contribution is -2.83. The minimum atomic E-state index is -0.318. The Labute approximate surface area is 156 Å². The first-order valence-electron chi connectivity index (χ1n) is 8.66. The molecule has 4 aromatic rings. The molecule has 0 saturated heterocycles. The quantitative estimate of drug-likeness (QED) is 0.430. The van der Waals surface area contributed by atoms with E-state index in [-0.39, 0.29) is 11.7 Å². The van der Waals surface area contributed by atoms with Crippen molar-refractivity contribution in [1.29, 1.82) is 0 Å². The molecule has 26 heavy (non-hydrogen) atoms. The third-order valence-electron chi connectivity index (χ3n) is 4.80.